The molecule has 0 amide bonds. The molecule has 1 unspecified atom stereocenters. The molecule has 1 saturated carbocycles. The highest BCUT2D eigenvalue weighted by Gasteiger charge is 2.25. The van der Waals surface area contributed by atoms with Crippen molar-refractivity contribution in [1.82, 2.24) is 21.2 Å². The summed E-state index contributed by atoms with van der Waals surface area (Å²) in [6.07, 6.45) is 6.51. The summed E-state index contributed by atoms with van der Waals surface area (Å²) < 4.78 is 0. The molecule has 0 spiro atoms. The van der Waals surface area contributed by atoms with Crippen molar-refractivity contribution >= 4 is 40.0 Å². The van der Waals surface area contributed by atoms with E-state index in [0.717, 1.165) is 36.8 Å². The maximum atomic E-state index is 5.17. The SMILES string of the molecule is CCN=C(NN(C)C1CCCC/C1=N\NC(=S)NCC)SC. The normalized spacial score (nSPS) is 21.0. The van der Waals surface area contributed by atoms with Gasteiger partial charge in [-0.05, 0) is 51.6 Å². The number of hydrogen-bond donors (Lipinski definition) is 3. The van der Waals surface area contributed by atoms with Gasteiger partial charge in [0.1, 0.15) is 0 Å². The van der Waals surface area contributed by atoms with Crippen molar-refractivity contribution in [2.24, 2.45) is 10.1 Å². The third-order valence-corrected chi connectivity index (χ3v) is 4.26. The van der Waals surface area contributed by atoms with Crippen LogP contribution in [0.4, 0.5) is 0 Å². The topological polar surface area (TPSA) is 64.0 Å². The first-order chi connectivity index (χ1) is 10.6. The standard InChI is InChI=1S/C14H28N6S2/c1-5-15-13(21)18-17-11-9-7-8-10-12(11)20(3)19-14(22-4)16-6-2/h12H,5-10H2,1-4H3,(H,16,19)(H2,15,18,21)/b17-11+. The van der Waals surface area contributed by atoms with Crippen LogP contribution in [0.2, 0.25) is 0 Å². The molecule has 3 N–H and O–H groups in total. The molecule has 0 radical (unpaired) electrons. The number of hydrazone groups is 1. The van der Waals surface area contributed by atoms with Gasteiger partial charge in [-0.25, -0.2) is 5.01 Å². The lowest BCUT2D eigenvalue weighted by Crippen LogP contribution is -2.50. The number of amidine groups is 1. The molecule has 0 aliphatic heterocycles. The molecule has 0 aromatic carbocycles. The van der Waals surface area contributed by atoms with E-state index in [2.05, 4.69) is 38.3 Å². The number of nitrogens with zero attached hydrogens (tertiary/aromatic N) is 3. The first kappa shape index (κ1) is 19.2. The average Bonchev–Trinajstić information content (AvgIpc) is 2.53. The number of thioether (sulfide) groups is 1. The molecule has 126 valence electrons. The van der Waals surface area contributed by atoms with Gasteiger partial charge in [0.2, 0.25) is 0 Å². The lowest BCUT2D eigenvalue weighted by atomic mass is 9.93. The Balaban J connectivity index is 2.69. The second kappa shape index (κ2) is 10.8. The minimum absolute atomic E-state index is 0.264. The predicted molar refractivity (Wildman–Crippen MR) is 101 cm³/mol. The van der Waals surface area contributed by atoms with Crippen LogP contribution in [0.1, 0.15) is 39.5 Å². The molecule has 1 aliphatic carbocycles. The van der Waals surface area contributed by atoms with Gasteiger partial charge in [0.25, 0.3) is 0 Å². The fourth-order valence-electron chi connectivity index (χ4n) is 2.37. The highest BCUT2D eigenvalue weighted by atomic mass is 32.2. The number of aliphatic imine (C=N–C) groups is 1. The van der Waals surface area contributed by atoms with Crippen LogP contribution in [0.15, 0.2) is 10.1 Å². The van der Waals surface area contributed by atoms with Crippen LogP contribution in [0, 0.1) is 0 Å². The van der Waals surface area contributed by atoms with Crippen LogP contribution >= 0.6 is 24.0 Å². The number of hydrazine groups is 1. The Hall–Kier alpha value is -0.860. The van der Waals surface area contributed by atoms with E-state index < -0.39 is 0 Å². The zero-order valence-electron chi connectivity index (χ0n) is 14.0. The van der Waals surface area contributed by atoms with E-state index in [1.165, 1.54) is 12.8 Å². The lowest BCUT2D eigenvalue weighted by molar-refractivity contribution is 0.234. The smallest absolute Gasteiger partial charge is 0.186 e. The molecular formula is C14H28N6S2. The Morgan fingerprint density at radius 3 is 2.82 bits per heavy atom. The Labute approximate surface area is 143 Å². The Morgan fingerprint density at radius 2 is 2.18 bits per heavy atom. The molecule has 8 heteroatoms. The van der Waals surface area contributed by atoms with Crippen LogP contribution in [0.25, 0.3) is 0 Å². The van der Waals surface area contributed by atoms with Gasteiger partial charge < -0.3 is 5.32 Å². The van der Waals surface area contributed by atoms with E-state index in [9.17, 15) is 0 Å². The summed E-state index contributed by atoms with van der Waals surface area (Å²) in [5.41, 5.74) is 7.46. The second-order valence-electron chi connectivity index (χ2n) is 5.04. The highest BCUT2D eigenvalue weighted by molar-refractivity contribution is 8.13. The molecule has 0 aromatic heterocycles. The van der Waals surface area contributed by atoms with Gasteiger partial charge in [-0.2, -0.15) is 5.10 Å². The molecule has 0 aromatic rings. The summed E-state index contributed by atoms with van der Waals surface area (Å²) in [5.74, 6) is 0. The Morgan fingerprint density at radius 1 is 1.41 bits per heavy atom. The van der Waals surface area contributed by atoms with Gasteiger partial charge in [-0.15, -0.1) is 0 Å². The predicted octanol–water partition coefficient (Wildman–Crippen LogP) is 1.94. The van der Waals surface area contributed by atoms with Crippen LogP contribution in [-0.2, 0) is 0 Å². The Kier molecular flexibility index (Phi) is 9.42. The maximum Gasteiger partial charge on any atom is 0.186 e. The van der Waals surface area contributed by atoms with E-state index in [0.29, 0.717) is 5.11 Å². The molecule has 0 heterocycles. The van der Waals surface area contributed by atoms with Crippen LogP contribution in [0.3, 0.4) is 0 Å². The van der Waals surface area contributed by atoms with Gasteiger partial charge in [0, 0.05) is 20.1 Å². The lowest BCUT2D eigenvalue weighted by Gasteiger charge is -2.33. The van der Waals surface area contributed by atoms with Crippen LogP contribution in [-0.4, -0.2) is 53.4 Å². The molecular weight excluding hydrogens is 316 g/mol. The third kappa shape index (κ3) is 6.50. The minimum atomic E-state index is 0.264. The fourth-order valence-corrected chi connectivity index (χ4v) is 3.05. The second-order valence-corrected chi connectivity index (χ2v) is 6.25. The Bertz CT molecular complexity index is 410. The number of nitrogens with one attached hydrogen (secondary N) is 3. The van der Waals surface area contributed by atoms with E-state index in [4.69, 9.17) is 12.2 Å². The van der Waals surface area contributed by atoms with Crippen molar-refractivity contribution in [1.29, 1.82) is 0 Å². The number of rotatable bonds is 5. The monoisotopic (exact) mass is 344 g/mol. The van der Waals surface area contributed by atoms with E-state index in [1.54, 1.807) is 11.8 Å². The summed E-state index contributed by atoms with van der Waals surface area (Å²) in [5, 5.41) is 11.2. The van der Waals surface area contributed by atoms with Gasteiger partial charge >= 0.3 is 0 Å². The van der Waals surface area contributed by atoms with Crippen molar-refractivity contribution in [2.75, 3.05) is 26.4 Å². The first-order valence-corrected chi connectivity index (χ1v) is 9.43. The quantitative estimate of drug-likeness (QED) is 0.307. The van der Waals surface area contributed by atoms with Crippen molar-refractivity contribution in [2.45, 2.75) is 45.6 Å². The van der Waals surface area contributed by atoms with Crippen molar-refractivity contribution in [3.63, 3.8) is 0 Å². The summed E-state index contributed by atoms with van der Waals surface area (Å²) in [6, 6.07) is 0.264. The zero-order chi connectivity index (χ0) is 16.4. The first-order valence-electron chi connectivity index (χ1n) is 7.80. The van der Waals surface area contributed by atoms with Crippen molar-refractivity contribution in [3.05, 3.63) is 0 Å². The average molecular weight is 345 g/mol. The van der Waals surface area contributed by atoms with Crippen LogP contribution in [0.5, 0.6) is 0 Å². The van der Waals surface area contributed by atoms with Gasteiger partial charge in [0.05, 0.1) is 11.8 Å². The molecule has 22 heavy (non-hydrogen) atoms. The van der Waals surface area contributed by atoms with E-state index in [1.807, 2.05) is 20.1 Å². The molecule has 1 atom stereocenters. The third-order valence-electron chi connectivity index (χ3n) is 3.42. The van der Waals surface area contributed by atoms with Crippen molar-refractivity contribution < 1.29 is 0 Å². The van der Waals surface area contributed by atoms with Gasteiger partial charge in [-0.3, -0.25) is 15.8 Å². The van der Waals surface area contributed by atoms with Crippen molar-refractivity contribution in [3.8, 4) is 0 Å². The summed E-state index contributed by atoms with van der Waals surface area (Å²) in [7, 11) is 2.05. The molecule has 1 rings (SSSR count). The number of thiocarbonyl (C=S) groups is 1. The van der Waals surface area contributed by atoms with E-state index in [-0.39, 0.29) is 6.04 Å². The van der Waals surface area contributed by atoms with Gasteiger partial charge in [0.15, 0.2) is 10.3 Å². The molecule has 0 saturated heterocycles. The number of hydrogen-bond acceptors (Lipinski definition) is 5. The summed E-state index contributed by atoms with van der Waals surface area (Å²) in [6.45, 7) is 5.63. The summed E-state index contributed by atoms with van der Waals surface area (Å²) >= 11 is 6.79. The maximum absolute atomic E-state index is 5.17. The fraction of sp³-hybridized carbons (Fsp3) is 0.786. The highest BCUT2D eigenvalue weighted by Crippen LogP contribution is 2.19. The largest absolute Gasteiger partial charge is 0.362 e. The molecule has 1 fully saturated rings. The van der Waals surface area contributed by atoms with Gasteiger partial charge in [-0.1, -0.05) is 18.2 Å². The van der Waals surface area contributed by atoms with E-state index >= 15 is 0 Å². The summed E-state index contributed by atoms with van der Waals surface area (Å²) in [4.78, 5) is 4.44. The molecule has 1 aliphatic rings. The van der Waals surface area contributed by atoms with Crippen LogP contribution < -0.4 is 16.2 Å². The molecule has 0 bridgehead atoms. The zero-order valence-corrected chi connectivity index (χ0v) is 15.6. The molecule has 6 nitrogen and oxygen atoms in total. The minimum Gasteiger partial charge on any atom is -0.362 e.